The molecule has 11 heteroatoms. The van der Waals surface area contributed by atoms with E-state index in [1.165, 1.54) is 16.7 Å². The summed E-state index contributed by atoms with van der Waals surface area (Å²) in [7, 11) is 0. The summed E-state index contributed by atoms with van der Waals surface area (Å²) in [5.74, 6) is -1.19. The van der Waals surface area contributed by atoms with Gasteiger partial charge in [0.15, 0.2) is 0 Å². The number of hydrogen-bond acceptors (Lipinski definition) is 2. The molecule has 0 unspecified atom stereocenters. The van der Waals surface area contributed by atoms with Crippen molar-refractivity contribution in [3.05, 3.63) is 70.9 Å². The van der Waals surface area contributed by atoms with Crippen LogP contribution in [0.25, 0.3) is 10.9 Å². The maximum atomic E-state index is 13.3. The summed E-state index contributed by atoms with van der Waals surface area (Å²) >= 11 is 0. The van der Waals surface area contributed by atoms with Crippen molar-refractivity contribution in [1.29, 1.82) is 0 Å². The van der Waals surface area contributed by atoms with E-state index in [-0.39, 0.29) is 38.0 Å². The monoisotopic (exact) mass is 497 g/mol. The molecule has 1 aliphatic heterocycles. The fraction of sp³-hybridized carbons (Fsp3) is 0.333. The van der Waals surface area contributed by atoms with Gasteiger partial charge in [-0.25, -0.2) is 0 Å². The van der Waals surface area contributed by atoms with E-state index in [0.717, 1.165) is 16.5 Å². The van der Waals surface area contributed by atoms with Crippen molar-refractivity contribution in [3.8, 4) is 0 Å². The standard InChI is InChI=1S/C24H21F6N3O2/c1-14(34)32-6-7-33(19(13-32)10-16-12-31-21-5-3-2-4-20(16)21)22(35)15-8-17(23(25,26)27)11-18(9-15)24(28,29)30/h2-5,8-9,11-12,19,31H,6-7,10,13H2,1H3/t19-/m1/s1. The van der Waals surface area contributed by atoms with Crippen LogP contribution in [0.1, 0.15) is 34.0 Å². The van der Waals surface area contributed by atoms with Gasteiger partial charge in [-0.1, -0.05) is 18.2 Å². The summed E-state index contributed by atoms with van der Waals surface area (Å²) in [4.78, 5) is 31.2. The van der Waals surface area contributed by atoms with Crippen molar-refractivity contribution in [2.45, 2.75) is 31.7 Å². The molecule has 0 spiro atoms. The van der Waals surface area contributed by atoms with E-state index in [4.69, 9.17) is 0 Å². The van der Waals surface area contributed by atoms with E-state index in [2.05, 4.69) is 4.98 Å². The van der Waals surface area contributed by atoms with Crippen LogP contribution in [0.4, 0.5) is 26.3 Å². The first-order chi connectivity index (χ1) is 16.3. The van der Waals surface area contributed by atoms with Crippen molar-refractivity contribution in [1.82, 2.24) is 14.8 Å². The number of benzene rings is 2. The lowest BCUT2D eigenvalue weighted by atomic mass is 9.98. The van der Waals surface area contributed by atoms with E-state index in [1.54, 1.807) is 6.20 Å². The van der Waals surface area contributed by atoms with Crippen LogP contribution in [0.2, 0.25) is 0 Å². The minimum atomic E-state index is -5.06. The molecule has 1 aliphatic rings. The van der Waals surface area contributed by atoms with Crippen LogP contribution in [-0.4, -0.2) is 52.3 Å². The number of nitrogens with one attached hydrogen (secondary N) is 1. The van der Waals surface area contributed by atoms with Crippen LogP contribution in [0.3, 0.4) is 0 Å². The second-order valence-corrected chi connectivity index (χ2v) is 8.48. The summed E-state index contributed by atoms with van der Waals surface area (Å²) in [6.45, 7) is 1.56. The van der Waals surface area contributed by atoms with Crippen molar-refractivity contribution >= 4 is 22.7 Å². The SMILES string of the molecule is CC(=O)N1CCN(C(=O)c2cc(C(F)(F)F)cc(C(F)(F)F)c2)[C@H](Cc2c[nH]c3ccccc23)C1. The van der Waals surface area contributed by atoms with E-state index in [0.29, 0.717) is 12.1 Å². The number of amides is 2. The van der Waals surface area contributed by atoms with Gasteiger partial charge < -0.3 is 14.8 Å². The van der Waals surface area contributed by atoms with Crippen molar-refractivity contribution in [2.75, 3.05) is 19.6 Å². The lowest BCUT2D eigenvalue weighted by Crippen LogP contribution is -2.57. The number of carbonyl (C=O) groups excluding carboxylic acids is 2. The molecule has 186 valence electrons. The zero-order chi connectivity index (χ0) is 25.5. The number of carbonyl (C=O) groups is 2. The molecule has 35 heavy (non-hydrogen) atoms. The molecule has 5 nitrogen and oxygen atoms in total. The van der Waals surface area contributed by atoms with E-state index < -0.39 is 41.0 Å². The molecule has 4 rings (SSSR count). The number of aromatic amines is 1. The van der Waals surface area contributed by atoms with Gasteiger partial charge in [-0.05, 0) is 36.2 Å². The van der Waals surface area contributed by atoms with Crippen LogP contribution in [0, 0.1) is 0 Å². The Hall–Kier alpha value is -3.50. The molecule has 2 amide bonds. The summed E-state index contributed by atoms with van der Waals surface area (Å²) in [6.07, 6.45) is -8.13. The topological polar surface area (TPSA) is 56.4 Å². The number of aromatic nitrogens is 1. The number of alkyl halides is 6. The first kappa shape index (κ1) is 24.6. The summed E-state index contributed by atoms with van der Waals surface area (Å²) < 4.78 is 79.9. The number of piperazine rings is 1. The lowest BCUT2D eigenvalue weighted by molar-refractivity contribution is -0.143. The minimum Gasteiger partial charge on any atom is -0.361 e. The molecule has 1 atom stereocenters. The predicted octanol–water partition coefficient (Wildman–Crippen LogP) is 5.12. The highest BCUT2D eigenvalue weighted by Crippen LogP contribution is 2.37. The third-order valence-corrected chi connectivity index (χ3v) is 6.15. The quantitative estimate of drug-likeness (QED) is 0.511. The van der Waals surface area contributed by atoms with Gasteiger partial charge in [0.05, 0.1) is 17.2 Å². The highest BCUT2D eigenvalue weighted by atomic mass is 19.4. The average molecular weight is 497 g/mol. The maximum absolute atomic E-state index is 13.3. The highest BCUT2D eigenvalue weighted by molar-refractivity contribution is 5.95. The van der Waals surface area contributed by atoms with Crippen LogP contribution < -0.4 is 0 Å². The average Bonchev–Trinajstić information content (AvgIpc) is 3.20. The second kappa shape index (κ2) is 8.94. The van der Waals surface area contributed by atoms with E-state index in [1.807, 2.05) is 24.3 Å². The molecular formula is C24H21F6N3O2. The fourth-order valence-corrected chi connectivity index (χ4v) is 4.38. The molecule has 2 heterocycles. The predicted molar refractivity (Wildman–Crippen MR) is 116 cm³/mol. The smallest absolute Gasteiger partial charge is 0.361 e. The summed E-state index contributed by atoms with van der Waals surface area (Å²) in [6, 6.07) is 7.61. The Balaban J connectivity index is 1.72. The zero-order valence-corrected chi connectivity index (χ0v) is 18.5. The van der Waals surface area contributed by atoms with Gasteiger partial charge in [-0.3, -0.25) is 9.59 Å². The first-order valence-electron chi connectivity index (χ1n) is 10.8. The largest absolute Gasteiger partial charge is 0.416 e. The Morgan fingerprint density at radius 2 is 1.60 bits per heavy atom. The summed E-state index contributed by atoms with van der Waals surface area (Å²) in [5, 5.41) is 0.873. The molecule has 1 aromatic heterocycles. The molecule has 2 aromatic carbocycles. The van der Waals surface area contributed by atoms with E-state index >= 15 is 0 Å². The number of rotatable bonds is 3. The Kier molecular flexibility index (Phi) is 6.29. The van der Waals surface area contributed by atoms with Gasteiger partial charge in [0.25, 0.3) is 5.91 Å². The molecule has 3 aromatic rings. The second-order valence-electron chi connectivity index (χ2n) is 8.48. The number of halogens is 6. The molecule has 1 fully saturated rings. The third kappa shape index (κ3) is 5.13. The van der Waals surface area contributed by atoms with Gasteiger partial charge in [-0.15, -0.1) is 0 Å². The Bertz CT molecular complexity index is 1230. The fourth-order valence-electron chi connectivity index (χ4n) is 4.38. The van der Waals surface area contributed by atoms with Gasteiger partial charge in [0.2, 0.25) is 5.91 Å². The minimum absolute atomic E-state index is 0.00606. The Morgan fingerprint density at radius 1 is 0.971 bits per heavy atom. The molecule has 0 saturated carbocycles. The number of H-pyrrole nitrogens is 1. The van der Waals surface area contributed by atoms with Gasteiger partial charge in [-0.2, -0.15) is 26.3 Å². The summed E-state index contributed by atoms with van der Waals surface area (Å²) in [5.41, 5.74) is -2.15. The van der Waals surface area contributed by atoms with Crippen LogP contribution in [0.15, 0.2) is 48.7 Å². The molecule has 1 saturated heterocycles. The normalized spacial score (nSPS) is 17.2. The Morgan fingerprint density at radius 3 is 2.20 bits per heavy atom. The molecular weight excluding hydrogens is 476 g/mol. The van der Waals surface area contributed by atoms with Crippen molar-refractivity contribution in [2.24, 2.45) is 0 Å². The zero-order valence-electron chi connectivity index (χ0n) is 18.5. The van der Waals surface area contributed by atoms with Crippen LogP contribution >= 0.6 is 0 Å². The molecule has 0 radical (unpaired) electrons. The maximum Gasteiger partial charge on any atom is 0.416 e. The number of nitrogens with zero attached hydrogens (tertiary/aromatic N) is 2. The number of fused-ring (bicyclic) bond motifs is 1. The van der Waals surface area contributed by atoms with Crippen molar-refractivity contribution in [3.63, 3.8) is 0 Å². The molecule has 1 N–H and O–H groups in total. The molecule has 0 bridgehead atoms. The van der Waals surface area contributed by atoms with Gasteiger partial charge in [0, 0.05) is 49.2 Å². The van der Waals surface area contributed by atoms with Crippen LogP contribution in [0.5, 0.6) is 0 Å². The third-order valence-electron chi connectivity index (χ3n) is 6.15. The number of hydrogen-bond donors (Lipinski definition) is 1. The van der Waals surface area contributed by atoms with Crippen molar-refractivity contribution < 1.29 is 35.9 Å². The van der Waals surface area contributed by atoms with Crippen LogP contribution in [-0.2, 0) is 23.6 Å². The first-order valence-corrected chi connectivity index (χ1v) is 10.8. The number of para-hydroxylation sites is 1. The van der Waals surface area contributed by atoms with E-state index in [9.17, 15) is 35.9 Å². The Labute approximate surface area is 196 Å². The molecule has 0 aliphatic carbocycles. The van der Waals surface area contributed by atoms with Gasteiger partial charge in [0.1, 0.15) is 0 Å². The lowest BCUT2D eigenvalue weighted by Gasteiger charge is -2.41. The highest BCUT2D eigenvalue weighted by Gasteiger charge is 2.39. The van der Waals surface area contributed by atoms with Gasteiger partial charge >= 0.3 is 12.4 Å².